The maximum Gasteiger partial charge on any atom is 0.269 e. The molecule has 1 N–H and O–H groups in total. The molecule has 124 valence electrons. The van der Waals surface area contributed by atoms with Crippen LogP contribution >= 0.6 is 0 Å². The zero-order chi connectivity index (χ0) is 16.7. The first-order chi connectivity index (χ1) is 11.0. The van der Waals surface area contributed by atoms with Crippen LogP contribution in [0, 0.1) is 16.0 Å². The molecule has 0 aliphatic carbocycles. The minimum atomic E-state index is -0.441. The Morgan fingerprint density at radius 1 is 1.35 bits per heavy atom. The Balaban J connectivity index is 1.70. The van der Waals surface area contributed by atoms with E-state index in [0.717, 1.165) is 25.1 Å². The second-order valence-corrected chi connectivity index (χ2v) is 6.01. The minimum Gasteiger partial charge on any atom is -0.353 e. The molecule has 1 aliphatic heterocycles. The number of likely N-dealkylation sites (tertiary alicyclic amines) is 1. The van der Waals surface area contributed by atoms with Crippen LogP contribution in [0.4, 0.5) is 5.69 Å². The highest BCUT2D eigenvalue weighted by molar-refractivity contribution is 5.91. The van der Waals surface area contributed by atoms with Crippen LogP contribution in [0.5, 0.6) is 0 Å². The maximum absolute atomic E-state index is 11.8. The van der Waals surface area contributed by atoms with Crippen molar-refractivity contribution >= 4 is 17.7 Å². The molecule has 23 heavy (non-hydrogen) atoms. The van der Waals surface area contributed by atoms with Gasteiger partial charge in [0.05, 0.1) is 4.92 Å². The SMILES string of the molecule is CN1CCC(CCNC(=O)/C=C/c2ccc([N+](=O)[O-])cc2)CC1. The number of nitro groups is 1. The molecule has 0 spiro atoms. The fourth-order valence-electron chi connectivity index (χ4n) is 2.69. The van der Waals surface area contributed by atoms with Crippen LogP contribution in [0.1, 0.15) is 24.8 Å². The Morgan fingerprint density at radius 2 is 2.00 bits per heavy atom. The first-order valence-corrected chi connectivity index (χ1v) is 7.93. The zero-order valence-corrected chi connectivity index (χ0v) is 13.4. The molecule has 1 heterocycles. The minimum absolute atomic E-state index is 0.0460. The summed E-state index contributed by atoms with van der Waals surface area (Å²) in [5, 5.41) is 13.5. The van der Waals surface area contributed by atoms with E-state index in [1.165, 1.54) is 31.1 Å². The number of carbonyl (C=O) groups is 1. The standard InChI is InChI=1S/C17H23N3O3/c1-19-12-9-15(10-13-19)8-11-18-17(21)7-4-14-2-5-16(6-3-14)20(22)23/h2-7,15H,8-13H2,1H3,(H,18,21)/b7-4+. The molecule has 0 aromatic heterocycles. The summed E-state index contributed by atoms with van der Waals surface area (Å²) in [6, 6.07) is 6.11. The number of nitrogens with zero attached hydrogens (tertiary/aromatic N) is 2. The van der Waals surface area contributed by atoms with Crippen LogP contribution in [0.2, 0.25) is 0 Å². The Hall–Kier alpha value is -2.21. The second-order valence-electron chi connectivity index (χ2n) is 6.01. The van der Waals surface area contributed by atoms with E-state index in [2.05, 4.69) is 17.3 Å². The van der Waals surface area contributed by atoms with Gasteiger partial charge < -0.3 is 10.2 Å². The lowest BCUT2D eigenvalue weighted by molar-refractivity contribution is -0.384. The molecule has 0 radical (unpaired) electrons. The molecule has 0 atom stereocenters. The number of amides is 1. The van der Waals surface area contributed by atoms with Gasteiger partial charge in [-0.2, -0.15) is 0 Å². The molecule has 0 bridgehead atoms. The molecule has 1 amide bonds. The Morgan fingerprint density at radius 3 is 2.61 bits per heavy atom. The lowest BCUT2D eigenvalue weighted by atomic mass is 9.94. The molecule has 1 fully saturated rings. The Kier molecular flexibility index (Phi) is 6.29. The quantitative estimate of drug-likeness (QED) is 0.497. The second kappa shape index (κ2) is 8.43. The summed E-state index contributed by atoms with van der Waals surface area (Å²) >= 11 is 0. The number of non-ortho nitro benzene ring substituents is 1. The molecule has 1 aromatic rings. The largest absolute Gasteiger partial charge is 0.353 e. The van der Waals surface area contributed by atoms with E-state index < -0.39 is 4.92 Å². The average molecular weight is 317 g/mol. The normalized spacial score (nSPS) is 16.6. The van der Waals surface area contributed by atoms with E-state index in [1.54, 1.807) is 18.2 Å². The van der Waals surface area contributed by atoms with Gasteiger partial charge in [-0.1, -0.05) is 0 Å². The van der Waals surface area contributed by atoms with Crippen molar-refractivity contribution in [2.45, 2.75) is 19.3 Å². The summed E-state index contributed by atoms with van der Waals surface area (Å²) in [6.07, 6.45) is 6.55. The fourth-order valence-corrected chi connectivity index (χ4v) is 2.69. The summed E-state index contributed by atoms with van der Waals surface area (Å²) in [5.74, 6) is 0.571. The Bertz CT molecular complexity index is 561. The first kappa shape index (κ1) is 17.1. The third-order valence-corrected chi connectivity index (χ3v) is 4.22. The molecule has 6 heteroatoms. The molecular formula is C17H23N3O3. The van der Waals surface area contributed by atoms with Gasteiger partial charge in [-0.05, 0) is 69.1 Å². The lowest BCUT2D eigenvalue weighted by Crippen LogP contribution is -2.32. The van der Waals surface area contributed by atoms with E-state index in [1.807, 2.05) is 0 Å². The third-order valence-electron chi connectivity index (χ3n) is 4.22. The van der Waals surface area contributed by atoms with Crippen LogP contribution in [-0.4, -0.2) is 42.4 Å². The fraction of sp³-hybridized carbons (Fsp3) is 0.471. The van der Waals surface area contributed by atoms with Gasteiger partial charge in [0.1, 0.15) is 0 Å². The van der Waals surface area contributed by atoms with Crippen molar-refractivity contribution in [1.29, 1.82) is 0 Å². The van der Waals surface area contributed by atoms with Gasteiger partial charge in [0.2, 0.25) is 5.91 Å². The summed E-state index contributed by atoms with van der Waals surface area (Å²) in [5.41, 5.74) is 0.811. The predicted molar refractivity (Wildman–Crippen MR) is 90.0 cm³/mol. The highest BCUT2D eigenvalue weighted by atomic mass is 16.6. The van der Waals surface area contributed by atoms with Gasteiger partial charge >= 0.3 is 0 Å². The van der Waals surface area contributed by atoms with E-state index >= 15 is 0 Å². The number of nitrogens with one attached hydrogen (secondary N) is 1. The molecule has 1 aromatic carbocycles. The Labute approximate surface area is 136 Å². The van der Waals surface area contributed by atoms with Crippen LogP contribution in [0.3, 0.4) is 0 Å². The van der Waals surface area contributed by atoms with Crippen molar-refractivity contribution in [2.24, 2.45) is 5.92 Å². The van der Waals surface area contributed by atoms with E-state index in [9.17, 15) is 14.9 Å². The molecule has 0 unspecified atom stereocenters. The van der Waals surface area contributed by atoms with Crippen LogP contribution in [0.15, 0.2) is 30.3 Å². The number of nitro benzene ring substituents is 1. The molecule has 1 aliphatic rings. The van der Waals surface area contributed by atoms with Gasteiger partial charge in [0.15, 0.2) is 0 Å². The predicted octanol–water partition coefficient (Wildman–Crippen LogP) is 2.46. The van der Waals surface area contributed by atoms with E-state index in [0.29, 0.717) is 12.5 Å². The number of benzene rings is 1. The van der Waals surface area contributed by atoms with Gasteiger partial charge in [0.25, 0.3) is 5.69 Å². The first-order valence-electron chi connectivity index (χ1n) is 7.93. The summed E-state index contributed by atoms with van der Waals surface area (Å²) < 4.78 is 0. The van der Waals surface area contributed by atoms with Crippen molar-refractivity contribution in [3.05, 3.63) is 46.0 Å². The summed E-state index contributed by atoms with van der Waals surface area (Å²) in [6.45, 7) is 2.97. The molecule has 2 rings (SSSR count). The monoisotopic (exact) mass is 317 g/mol. The topological polar surface area (TPSA) is 75.5 Å². The maximum atomic E-state index is 11.8. The van der Waals surface area contributed by atoms with E-state index in [4.69, 9.17) is 0 Å². The van der Waals surface area contributed by atoms with Gasteiger partial charge in [-0.25, -0.2) is 0 Å². The van der Waals surface area contributed by atoms with Crippen molar-refractivity contribution in [1.82, 2.24) is 10.2 Å². The highest BCUT2D eigenvalue weighted by Crippen LogP contribution is 2.18. The van der Waals surface area contributed by atoms with Crippen molar-refractivity contribution in [3.8, 4) is 0 Å². The smallest absolute Gasteiger partial charge is 0.269 e. The van der Waals surface area contributed by atoms with Crippen LogP contribution in [-0.2, 0) is 4.79 Å². The molecular weight excluding hydrogens is 294 g/mol. The summed E-state index contributed by atoms with van der Waals surface area (Å²) in [7, 11) is 2.14. The highest BCUT2D eigenvalue weighted by Gasteiger charge is 2.16. The molecule has 0 saturated carbocycles. The average Bonchev–Trinajstić information content (AvgIpc) is 2.55. The van der Waals surface area contributed by atoms with Crippen LogP contribution in [0.25, 0.3) is 6.08 Å². The number of hydrogen-bond donors (Lipinski definition) is 1. The third kappa shape index (κ3) is 5.83. The van der Waals surface area contributed by atoms with Crippen molar-refractivity contribution < 1.29 is 9.72 Å². The number of rotatable bonds is 6. The number of piperidine rings is 1. The van der Waals surface area contributed by atoms with Gasteiger partial charge in [-0.3, -0.25) is 14.9 Å². The molecule has 6 nitrogen and oxygen atoms in total. The van der Waals surface area contributed by atoms with Crippen LogP contribution < -0.4 is 5.32 Å². The van der Waals surface area contributed by atoms with E-state index in [-0.39, 0.29) is 11.6 Å². The number of carbonyl (C=O) groups excluding carboxylic acids is 1. The lowest BCUT2D eigenvalue weighted by Gasteiger charge is -2.28. The van der Waals surface area contributed by atoms with Crippen molar-refractivity contribution in [3.63, 3.8) is 0 Å². The number of hydrogen-bond acceptors (Lipinski definition) is 4. The summed E-state index contributed by atoms with van der Waals surface area (Å²) in [4.78, 5) is 24.2. The van der Waals surface area contributed by atoms with Gasteiger partial charge in [0, 0.05) is 24.8 Å². The van der Waals surface area contributed by atoms with Crippen molar-refractivity contribution in [2.75, 3.05) is 26.7 Å². The van der Waals surface area contributed by atoms with Gasteiger partial charge in [-0.15, -0.1) is 0 Å². The zero-order valence-electron chi connectivity index (χ0n) is 13.4. The molecule has 1 saturated heterocycles.